The van der Waals surface area contributed by atoms with Gasteiger partial charge in [0.05, 0.1) is 11.7 Å². The first-order chi connectivity index (χ1) is 8.29. The molecule has 1 atom stereocenters. The number of hydrogen-bond acceptors (Lipinski definition) is 3. The van der Waals surface area contributed by atoms with Crippen LogP contribution in [0.5, 0.6) is 0 Å². The molecule has 1 aliphatic heterocycles. The Morgan fingerprint density at radius 1 is 1.50 bits per heavy atom. The minimum atomic E-state index is -0.460. The highest BCUT2D eigenvalue weighted by atomic mass is 16.6. The summed E-state index contributed by atoms with van der Waals surface area (Å²) in [4.78, 5) is 13.9. The van der Waals surface area contributed by atoms with Crippen molar-refractivity contribution < 1.29 is 9.53 Å². The number of ether oxygens (including phenoxy) is 1. The molecule has 1 aromatic rings. The third-order valence-corrected chi connectivity index (χ3v) is 3.20. The molecular formula is C13H21N3O2. The molecule has 1 N–H and O–H groups in total. The summed E-state index contributed by atoms with van der Waals surface area (Å²) >= 11 is 0. The van der Waals surface area contributed by atoms with Crippen LogP contribution in [0.3, 0.4) is 0 Å². The van der Waals surface area contributed by atoms with Gasteiger partial charge < -0.3 is 4.74 Å². The quantitative estimate of drug-likeness (QED) is 0.771. The average molecular weight is 251 g/mol. The molecule has 0 aromatic carbocycles. The van der Waals surface area contributed by atoms with Gasteiger partial charge in [-0.05, 0) is 46.6 Å². The maximum atomic E-state index is 12.1. The van der Waals surface area contributed by atoms with Crippen LogP contribution in [0, 0.1) is 6.92 Å². The third-order valence-electron chi connectivity index (χ3n) is 3.20. The Morgan fingerprint density at radius 3 is 2.78 bits per heavy atom. The Bertz CT molecular complexity index is 459. The van der Waals surface area contributed by atoms with Gasteiger partial charge in [-0.1, -0.05) is 0 Å². The zero-order valence-electron chi connectivity index (χ0n) is 11.7. The van der Waals surface area contributed by atoms with Gasteiger partial charge in [0.2, 0.25) is 0 Å². The highest BCUT2D eigenvalue weighted by Crippen LogP contribution is 2.30. The minimum Gasteiger partial charge on any atom is -0.444 e. The summed E-state index contributed by atoms with van der Waals surface area (Å²) in [6, 6.07) is -0.0338. The highest BCUT2D eigenvalue weighted by Gasteiger charge is 2.33. The maximum Gasteiger partial charge on any atom is 0.410 e. The van der Waals surface area contributed by atoms with Crippen LogP contribution >= 0.6 is 0 Å². The van der Waals surface area contributed by atoms with Crippen molar-refractivity contribution in [2.24, 2.45) is 0 Å². The second-order valence-corrected chi connectivity index (χ2v) is 5.81. The van der Waals surface area contributed by atoms with Crippen molar-refractivity contribution in [1.82, 2.24) is 15.1 Å². The fourth-order valence-corrected chi connectivity index (χ4v) is 2.28. The number of nitrogens with zero attached hydrogens (tertiary/aromatic N) is 2. The average Bonchev–Trinajstić information content (AvgIpc) is 2.59. The normalized spacial score (nSPS) is 19.6. The smallest absolute Gasteiger partial charge is 0.410 e. The summed E-state index contributed by atoms with van der Waals surface area (Å²) in [6.45, 7) is 10.3. The zero-order chi connectivity index (χ0) is 13.5. The van der Waals surface area contributed by atoms with Crippen LogP contribution in [0.15, 0.2) is 0 Å². The Hall–Kier alpha value is -1.52. The van der Waals surface area contributed by atoms with Crippen LogP contribution in [0.4, 0.5) is 4.79 Å². The lowest BCUT2D eigenvalue weighted by Crippen LogP contribution is -2.42. The molecule has 100 valence electrons. The van der Waals surface area contributed by atoms with Gasteiger partial charge in [-0.25, -0.2) is 4.79 Å². The second-order valence-electron chi connectivity index (χ2n) is 5.81. The molecule has 1 aliphatic rings. The number of nitrogens with one attached hydrogen (secondary N) is 1. The number of hydrogen-bond donors (Lipinski definition) is 1. The number of aromatic amines is 1. The molecule has 5 nitrogen and oxygen atoms in total. The van der Waals surface area contributed by atoms with E-state index in [1.54, 1.807) is 4.90 Å². The van der Waals surface area contributed by atoms with E-state index >= 15 is 0 Å². The molecule has 0 fully saturated rings. The van der Waals surface area contributed by atoms with Crippen molar-refractivity contribution in [1.29, 1.82) is 0 Å². The molecule has 2 heterocycles. The molecule has 18 heavy (non-hydrogen) atoms. The lowest BCUT2D eigenvalue weighted by molar-refractivity contribution is 0.0156. The Labute approximate surface area is 108 Å². The highest BCUT2D eigenvalue weighted by molar-refractivity contribution is 5.69. The van der Waals surface area contributed by atoms with Crippen LogP contribution < -0.4 is 0 Å². The van der Waals surface area contributed by atoms with Gasteiger partial charge in [-0.3, -0.25) is 10.00 Å². The summed E-state index contributed by atoms with van der Waals surface area (Å²) in [6.07, 6.45) is 0.572. The van der Waals surface area contributed by atoms with E-state index in [-0.39, 0.29) is 12.1 Å². The molecule has 0 bridgehead atoms. The van der Waals surface area contributed by atoms with E-state index in [0.717, 1.165) is 17.8 Å². The van der Waals surface area contributed by atoms with E-state index in [9.17, 15) is 4.79 Å². The number of aryl methyl sites for hydroxylation is 1. The van der Waals surface area contributed by atoms with Crippen LogP contribution in [0.25, 0.3) is 0 Å². The second kappa shape index (κ2) is 4.30. The summed E-state index contributed by atoms with van der Waals surface area (Å²) in [5.41, 5.74) is 2.84. The van der Waals surface area contributed by atoms with Crippen LogP contribution in [0.1, 0.15) is 50.7 Å². The summed E-state index contributed by atoms with van der Waals surface area (Å²) in [7, 11) is 0. The minimum absolute atomic E-state index is 0.0338. The molecule has 0 spiro atoms. The number of carbonyl (C=O) groups excluding carboxylic acids is 1. The first kappa shape index (κ1) is 12.9. The molecule has 0 radical (unpaired) electrons. The molecule has 2 rings (SSSR count). The molecule has 1 amide bonds. The fraction of sp³-hybridized carbons (Fsp3) is 0.692. The van der Waals surface area contributed by atoms with E-state index in [2.05, 4.69) is 10.2 Å². The van der Waals surface area contributed by atoms with Crippen LogP contribution in [-0.4, -0.2) is 33.3 Å². The van der Waals surface area contributed by atoms with Crippen molar-refractivity contribution in [3.8, 4) is 0 Å². The van der Waals surface area contributed by atoms with E-state index < -0.39 is 5.60 Å². The monoisotopic (exact) mass is 251 g/mol. The number of H-pyrrole nitrogens is 1. The van der Waals surface area contributed by atoms with Gasteiger partial charge in [0.25, 0.3) is 0 Å². The zero-order valence-corrected chi connectivity index (χ0v) is 11.7. The van der Waals surface area contributed by atoms with E-state index in [0.29, 0.717) is 6.54 Å². The van der Waals surface area contributed by atoms with E-state index in [1.807, 2.05) is 34.6 Å². The van der Waals surface area contributed by atoms with E-state index in [4.69, 9.17) is 4.74 Å². The van der Waals surface area contributed by atoms with Gasteiger partial charge in [0.15, 0.2) is 0 Å². The van der Waals surface area contributed by atoms with Gasteiger partial charge in [0, 0.05) is 12.2 Å². The standard InChI is InChI=1S/C13H21N3O2/c1-8-10-6-7-16(9(2)11(10)15-14-8)12(17)18-13(3,4)5/h9H,6-7H2,1-5H3,(H,14,15)/t9-/m1/s1. The first-order valence-electron chi connectivity index (χ1n) is 6.33. The number of rotatable bonds is 0. The molecule has 5 heteroatoms. The Morgan fingerprint density at radius 2 is 2.17 bits per heavy atom. The first-order valence-corrected chi connectivity index (χ1v) is 6.33. The largest absolute Gasteiger partial charge is 0.444 e. The van der Waals surface area contributed by atoms with Crippen molar-refractivity contribution in [2.45, 2.75) is 52.7 Å². The molecule has 0 saturated carbocycles. The fourth-order valence-electron chi connectivity index (χ4n) is 2.28. The van der Waals surface area contributed by atoms with Gasteiger partial charge in [0.1, 0.15) is 5.60 Å². The number of carbonyl (C=O) groups is 1. The Kier molecular flexibility index (Phi) is 3.09. The summed E-state index contributed by atoms with van der Waals surface area (Å²) < 4.78 is 5.42. The van der Waals surface area contributed by atoms with Crippen LogP contribution in [-0.2, 0) is 11.2 Å². The van der Waals surface area contributed by atoms with Gasteiger partial charge in [-0.2, -0.15) is 5.10 Å². The Balaban J connectivity index is 2.17. The van der Waals surface area contributed by atoms with Crippen molar-refractivity contribution >= 4 is 6.09 Å². The molecular weight excluding hydrogens is 230 g/mol. The van der Waals surface area contributed by atoms with Gasteiger partial charge in [-0.15, -0.1) is 0 Å². The predicted octanol–water partition coefficient (Wildman–Crippen LogP) is 2.57. The molecule has 0 saturated heterocycles. The lowest BCUT2D eigenvalue weighted by atomic mass is 9.99. The summed E-state index contributed by atoms with van der Waals surface area (Å²) in [5.74, 6) is 0. The SMILES string of the molecule is Cc1[nH]nc2c1CCN(C(=O)OC(C)(C)C)[C@@H]2C. The predicted molar refractivity (Wildman–Crippen MR) is 68.4 cm³/mol. The number of amides is 1. The molecule has 0 aliphatic carbocycles. The van der Waals surface area contributed by atoms with E-state index in [1.165, 1.54) is 5.56 Å². The van der Waals surface area contributed by atoms with Crippen molar-refractivity contribution in [3.05, 3.63) is 17.0 Å². The van der Waals surface area contributed by atoms with Gasteiger partial charge >= 0.3 is 6.09 Å². The van der Waals surface area contributed by atoms with Crippen molar-refractivity contribution in [3.63, 3.8) is 0 Å². The number of aromatic nitrogens is 2. The maximum absolute atomic E-state index is 12.1. The molecule has 1 aromatic heterocycles. The third kappa shape index (κ3) is 2.35. The number of fused-ring (bicyclic) bond motifs is 1. The lowest BCUT2D eigenvalue weighted by Gasteiger charge is -2.34. The van der Waals surface area contributed by atoms with Crippen LogP contribution in [0.2, 0.25) is 0 Å². The topological polar surface area (TPSA) is 58.2 Å². The molecule has 0 unspecified atom stereocenters. The summed E-state index contributed by atoms with van der Waals surface area (Å²) in [5, 5.41) is 7.28. The van der Waals surface area contributed by atoms with Crippen molar-refractivity contribution in [2.75, 3.05) is 6.54 Å².